The van der Waals surface area contributed by atoms with Crippen LogP contribution in [0.15, 0.2) is 18.2 Å². The molecule has 19 heavy (non-hydrogen) atoms. The van der Waals surface area contributed by atoms with Crippen molar-refractivity contribution in [3.8, 4) is 5.75 Å². The van der Waals surface area contributed by atoms with E-state index in [9.17, 15) is 14.9 Å². The average molecular weight is 269 g/mol. The molecule has 0 aromatic heterocycles. The number of non-ortho nitro benzene ring substituents is 1. The number of anilines is 1. The Kier molecular flexibility index (Phi) is 5.07. The maximum atomic E-state index is 11.6. The fourth-order valence-electron chi connectivity index (χ4n) is 1.34. The van der Waals surface area contributed by atoms with Gasteiger partial charge in [-0.1, -0.05) is 0 Å². The van der Waals surface area contributed by atoms with Crippen molar-refractivity contribution in [2.75, 3.05) is 19.0 Å². The lowest BCUT2D eigenvalue weighted by Gasteiger charge is -2.13. The summed E-state index contributed by atoms with van der Waals surface area (Å²) in [6, 6.07) is 2.86. The number of benzene rings is 1. The van der Waals surface area contributed by atoms with Gasteiger partial charge in [0, 0.05) is 12.1 Å². The lowest BCUT2D eigenvalue weighted by Crippen LogP contribution is -2.38. The topological polar surface area (TPSA) is 114 Å². The highest BCUT2D eigenvalue weighted by atomic mass is 16.6. The average Bonchev–Trinajstić information content (AvgIpc) is 2.38. The zero-order valence-corrected chi connectivity index (χ0v) is 10.5. The highest BCUT2D eigenvalue weighted by Gasteiger charge is 2.14. The van der Waals surface area contributed by atoms with Gasteiger partial charge in [0.2, 0.25) is 0 Å². The van der Waals surface area contributed by atoms with Crippen molar-refractivity contribution < 1.29 is 19.6 Å². The van der Waals surface area contributed by atoms with Gasteiger partial charge in [-0.05, 0) is 13.0 Å². The summed E-state index contributed by atoms with van der Waals surface area (Å²) in [5.74, 6) is 0.303. The first-order chi connectivity index (χ1) is 8.97. The number of ether oxygens (including phenoxy) is 1. The fourth-order valence-corrected chi connectivity index (χ4v) is 1.34. The molecule has 8 nitrogen and oxygen atoms in total. The first-order valence-electron chi connectivity index (χ1n) is 5.48. The predicted octanol–water partition coefficient (Wildman–Crippen LogP) is 1.11. The number of methoxy groups -OCH3 is 1. The lowest BCUT2D eigenvalue weighted by atomic mass is 10.2. The van der Waals surface area contributed by atoms with Gasteiger partial charge in [0.25, 0.3) is 5.69 Å². The molecule has 0 aliphatic carbocycles. The highest BCUT2D eigenvalue weighted by molar-refractivity contribution is 5.91. The summed E-state index contributed by atoms with van der Waals surface area (Å²) in [6.45, 7) is 1.41. The third kappa shape index (κ3) is 4.11. The number of rotatable bonds is 5. The van der Waals surface area contributed by atoms with Crippen LogP contribution in [0, 0.1) is 10.1 Å². The van der Waals surface area contributed by atoms with Gasteiger partial charge in [-0.25, -0.2) is 4.79 Å². The van der Waals surface area contributed by atoms with Crippen LogP contribution in [0.1, 0.15) is 6.92 Å². The third-order valence-corrected chi connectivity index (χ3v) is 2.29. The summed E-state index contributed by atoms with van der Waals surface area (Å²) in [5.41, 5.74) is 0.0191. The molecule has 1 rings (SSSR count). The quantitative estimate of drug-likeness (QED) is 0.547. The molecular weight excluding hydrogens is 254 g/mol. The van der Waals surface area contributed by atoms with E-state index >= 15 is 0 Å². The van der Waals surface area contributed by atoms with Crippen LogP contribution >= 0.6 is 0 Å². The summed E-state index contributed by atoms with van der Waals surface area (Å²) < 4.78 is 5.00. The molecule has 0 radical (unpaired) electrons. The molecule has 0 fully saturated rings. The number of nitro groups is 1. The van der Waals surface area contributed by atoms with Gasteiger partial charge >= 0.3 is 6.03 Å². The number of hydrogen-bond acceptors (Lipinski definition) is 5. The molecule has 0 spiro atoms. The van der Waals surface area contributed by atoms with Gasteiger partial charge in [0.05, 0.1) is 30.4 Å². The van der Waals surface area contributed by atoms with Crippen LogP contribution in [0.2, 0.25) is 0 Å². The molecule has 104 valence electrons. The van der Waals surface area contributed by atoms with E-state index in [4.69, 9.17) is 9.84 Å². The molecule has 2 amide bonds. The fraction of sp³-hybridized carbons (Fsp3) is 0.364. The molecule has 0 saturated heterocycles. The van der Waals surface area contributed by atoms with Crippen molar-refractivity contribution >= 4 is 17.4 Å². The molecule has 0 heterocycles. The smallest absolute Gasteiger partial charge is 0.319 e. The molecule has 0 aliphatic rings. The maximum absolute atomic E-state index is 11.6. The van der Waals surface area contributed by atoms with Crippen molar-refractivity contribution in [1.82, 2.24) is 5.32 Å². The zero-order chi connectivity index (χ0) is 14.4. The van der Waals surface area contributed by atoms with Gasteiger partial charge in [-0.2, -0.15) is 0 Å². The third-order valence-electron chi connectivity index (χ3n) is 2.29. The van der Waals surface area contributed by atoms with Crippen LogP contribution in [0.4, 0.5) is 16.2 Å². The van der Waals surface area contributed by atoms with E-state index in [1.807, 2.05) is 0 Å². The summed E-state index contributed by atoms with van der Waals surface area (Å²) >= 11 is 0. The summed E-state index contributed by atoms with van der Waals surface area (Å²) in [7, 11) is 1.39. The molecule has 0 bridgehead atoms. The van der Waals surface area contributed by atoms with Crippen molar-refractivity contribution in [2.45, 2.75) is 13.0 Å². The van der Waals surface area contributed by atoms with Crippen LogP contribution in [0.25, 0.3) is 0 Å². The normalized spacial score (nSPS) is 11.5. The second-order valence-corrected chi connectivity index (χ2v) is 3.82. The molecule has 1 aromatic rings. The minimum atomic E-state index is -0.583. The van der Waals surface area contributed by atoms with Gasteiger partial charge in [0.15, 0.2) is 0 Å². The number of carbonyl (C=O) groups excluding carboxylic acids is 1. The number of hydrogen-bond donors (Lipinski definition) is 3. The second kappa shape index (κ2) is 6.55. The Labute approximate surface area is 109 Å². The standard InChI is InChI=1S/C11H15N3O5/c1-7(6-15)12-11(16)13-9-5-8(14(17)18)3-4-10(9)19-2/h3-5,7,15H,6H2,1-2H3,(H2,12,13,16). The van der Waals surface area contributed by atoms with E-state index in [0.29, 0.717) is 5.75 Å². The van der Waals surface area contributed by atoms with E-state index in [1.54, 1.807) is 6.92 Å². The molecule has 1 aromatic carbocycles. The van der Waals surface area contributed by atoms with Crippen molar-refractivity contribution in [2.24, 2.45) is 0 Å². The molecule has 1 unspecified atom stereocenters. The Morgan fingerprint density at radius 2 is 2.26 bits per heavy atom. The summed E-state index contributed by atoms with van der Waals surface area (Å²) in [4.78, 5) is 21.7. The molecular formula is C11H15N3O5. The number of carbonyl (C=O) groups is 1. The molecule has 3 N–H and O–H groups in total. The zero-order valence-electron chi connectivity index (χ0n) is 10.5. The first-order valence-corrected chi connectivity index (χ1v) is 5.48. The van der Waals surface area contributed by atoms with Crippen molar-refractivity contribution in [3.05, 3.63) is 28.3 Å². The minimum absolute atomic E-state index is 0.161. The Bertz CT molecular complexity index is 477. The number of amides is 2. The molecule has 1 atom stereocenters. The van der Waals surface area contributed by atoms with Gasteiger partial charge in [-0.15, -0.1) is 0 Å². The number of aliphatic hydroxyl groups is 1. The van der Waals surface area contributed by atoms with Crippen molar-refractivity contribution in [1.29, 1.82) is 0 Å². The Morgan fingerprint density at radius 3 is 2.79 bits per heavy atom. The molecule has 8 heteroatoms. The van der Waals surface area contributed by atoms with Crippen LogP contribution in [0.3, 0.4) is 0 Å². The van der Waals surface area contributed by atoms with E-state index in [1.165, 1.54) is 25.3 Å². The monoisotopic (exact) mass is 269 g/mol. The van der Waals surface area contributed by atoms with Gasteiger partial charge < -0.3 is 20.5 Å². The molecule has 0 aliphatic heterocycles. The largest absolute Gasteiger partial charge is 0.495 e. The number of urea groups is 1. The van der Waals surface area contributed by atoms with Crippen LogP contribution < -0.4 is 15.4 Å². The van der Waals surface area contributed by atoms with E-state index in [0.717, 1.165) is 0 Å². The first kappa shape index (κ1) is 14.7. The number of nitrogens with zero attached hydrogens (tertiary/aromatic N) is 1. The Morgan fingerprint density at radius 1 is 1.58 bits per heavy atom. The predicted molar refractivity (Wildman–Crippen MR) is 68.4 cm³/mol. The molecule has 0 saturated carbocycles. The second-order valence-electron chi connectivity index (χ2n) is 3.82. The number of nitrogens with one attached hydrogen (secondary N) is 2. The van der Waals surface area contributed by atoms with Gasteiger partial charge in [-0.3, -0.25) is 10.1 Å². The van der Waals surface area contributed by atoms with Crippen LogP contribution in [-0.4, -0.2) is 35.8 Å². The maximum Gasteiger partial charge on any atom is 0.319 e. The lowest BCUT2D eigenvalue weighted by molar-refractivity contribution is -0.384. The highest BCUT2D eigenvalue weighted by Crippen LogP contribution is 2.28. The SMILES string of the molecule is COc1ccc([N+](=O)[O-])cc1NC(=O)NC(C)CO. The minimum Gasteiger partial charge on any atom is -0.495 e. The number of aliphatic hydroxyl groups excluding tert-OH is 1. The van der Waals surface area contributed by atoms with Gasteiger partial charge in [0.1, 0.15) is 5.75 Å². The van der Waals surface area contributed by atoms with Crippen molar-refractivity contribution in [3.63, 3.8) is 0 Å². The summed E-state index contributed by atoms with van der Waals surface area (Å²) in [6.07, 6.45) is 0. The van der Waals surface area contributed by atoms with E-state index in [2.05, 4.69) is 10.6 Å². The number of nitro benzene ring substituents is 1. The van der Waals surface area contributed by atoms with E-state index < -0.39 is 17.0 Å². The van der Waals surface area contributed by atoms with Crippen LogP contribution in [0.5, 0.6) is 5.75 Å². The van der Waals surface area contributed by atoms with E-state index in [-0.39, 0.29) is 18.0 Å². The Hall–Kier alpha value is -2.35. The Balaban J connectivity index is 2.88. The van der Waals surface area contributed by atoms with Crippen LogP contribution in [-0.2, 0) is 0 Å². The summed E-state index contributed by atoms with van der Waals surface area (Å²) in [5, 5.41) is 24.4.